The number of aryl methyl sites for hydroxylation is 2. The van der Waals surface area contributed by atoms with Crippen molar-refractivity contribution < 1.29 is 27.8 Å². The van der Waals surface area contributed by atoms with Crippen molar-refractivity contribution in [2.24, 2.45) is 0 Å². The van der Waals surface area contributed by atoms with Gasteiger partial charge >= 0.3 is 11.9 Å². The molecule has 0 radical (unpaired) electrons. The van der Waals surface area contributed by atoms with Crippen LogP contribution in [0.15, 0.2) is 56.0 Å². The molecule has 182 valence electrons. The Balaban J connectivity index is 2.17. The molecule has 3 rings (SSSR count). The van der Waals surface area contributed by atoms with Gasteiger partial charge in [0.1, 0.15) is 23.3 Å². The topological polar surface area (TPSA) is 100 Å². The van der Waals surface area contributed by atoms with Crippen molar-refractivity contribution >= 4 is 35.5 Å². The van der Waals surface area contributed by atoms with Gasteiger partial charge in [0, 0.05) is 9.79 Å². The molecule has 0 spiro atoms. The fraction of sp³-hybridized carbons (Fsp3) is 0.154. The molecule has 10 heteroatoms. The van der Waals surface area contributed by atoms with Gasteiger partial charge in [0.15, 0.2) is 11.6 Å². The molecule has 3 aromatic rings. The molecular formula is C26H18F2N2O4S2. The summed E-state index contributed by atoms with van der Waals surface area (Å²) in [6, 6.07) is 12.4. The summed E-state index contributed by atoms with van der Waals surface area (Å²) in [5.41, 5.74) is 0.395. The van der Waals surface area contributed by atoms with Crippen LogP contribution in [0, 0.1) is 48.1 Å². The van der Waals surface area contributed by atoms with E-state index < -0.39 is 34.7 Å². The number of nitriles is 2. The number of carbonyl (C=O) groups is 2. The van der Waals surface area contributed by atoms with Gasteiger partial charge in [-0.05, 0) is 61.4 Å². The number of rotatable bonds is 6. The molecule has 0 aliphatic rings. The third-order valence-corrected chi connectivity index (χ3v) is 7.79. The van der Waals surface area contributed by atoms with Crippen molar-refractivity contribution in [3.05, 3.63) is 81.4 Å². The van der Waals surface area contributed by atoms with Gasteiger partial charge in [-0.2, -0.15) is 10.5 Å². The molecule has 0 saturated carbocycles. The second-order valence-electron chi connectivity index (χ2n) is 7.41. The number of ether oxygens (including phenoxy) is 2. The molecule has 6 nitrogen and oxygen atoms in total. The highest BCUT2D eigenvalue weighted by atomic mass is 32.2. The predicted molar refractivity (Wildman–Crippen MR) is 129 cm³/mol. The second kappa shape index (κ2) is 11.3. The molecule has 0 aromatic heterocycles. The first-order chi connectivity index (χ1) is 17.2. The minimum Gasteiger partial charge on any atom is -0.465 e. The monoisotopic (exact) mass is 524 g/mol. The summed E-state index contributed by atoms with van der Waals surface area (Å²) < 4.78 is 40.5. The summed E-state index contributed by atoms with van der Waals surface area (Å²) in [5.74, 6) is -3.13. The van der Waals surface area contributed by atoms with Crippen LogP contribution in [0.4, 0.5) is 8.78 Å². The van der Waals surface area contributed by atoms with Gasteiger partial charge in [0.2, 0.25) is 0 Å². The van der Waals surface area contributed by atoms with Crippen LogP contribution >= 0.6 is 23.5 Å². The van der Waals surface area contributed by atoms with Crippen LogP contribution in [0.2, 0.25) is 0 Å². The standard InChI is InChI=1S/C26H18F2N2O4S2/c1-13-9-15(25(31)33-3)5-7-19(13)35-23-21(27)17(11-29)18(12-30)22(28)24(23)36-20-8-6-16(10-14(20)2)26(32)34-4/h5-10H,1-4H3. The lowest BCUT2D eigenvalue weighted by Crippen LogP contribution is -2.04. The van der Waals surface area contributed by atoms with Crippen LogP contribution in [0.1, 0.15) is 43.0 Å². The molecule has 3 aromatic carbocycles. The van der Waals surface area contributed by atoms with E-state index in [1.807, 2.05) is 0 Å². The van der Waals surface area contributed by atoms with Crippen molar-refractivity contribution in [1.29, 1.82) is 10.5 Å². The minimum atomic E-state index is -1.02. The highest BCUT2D eigenvalue weighted by Gasteiger charge is 2.27. The average Bonchev–Trinajstić information content (AvgIpc) is 2.88. The van der Waals surface area contributed by atoms with Crippen LogP contribution in [0.3, 0.4) is 0 Å². The van der Waals surface area contributed by atoms with Crippen LogP contribution in [-0.4, -0.2) is 26.2 Å². The van der Waals surface area contributed by atoms with E-state index in [4.69, 9.17) is 9.47 Å². The third kappa shape index (κ3) is 5.20. The van der Waals surface area contributed by atoms with Crippen molar-refractivity contribution in [2.75, 3.05) is 14.2 Å². The number of nitrogens with zero attached hydrogens (tertiary/aromatic N) is 2. The van der Waals surface area contributed by atoms with E-state index in [1.54, 1.807) is 50.3 Å². The Bertz CT molecular complexity index is 1370. The van der Waals surface area contributed by atoms with E-state index >= 15 is 8.78 Å². The maximum Gasteiger partial charge on any atom is 0.337 e. The van der Waals surface area contributed by atoms with Gasteiger partial charge < -0.3 is 9.47 Å². The molecular weight excluding hydrogens is 506 g/mol. The Labute approximate surface area is 214 Å². The maximum atomic E-state index is 15.5. The predicted octanol–water partition coefficient (Wildman–Crippen LogP) is 6.20. The van der Waals surface area contributed by atoms with Gasteiger partial charge in [-0.1, -0.05) is 23.5 Å². The SMILES string of the molecule is COC(=O)c1ccc(Sc2c(F)c(C#N)c(C#N)c(F)c2Sc2ccc(C(=O)OC)cc2C)c(C)c1. The number of hydrogen-bond acceptors (Lipinski definition) is 8. The fourth-order valence-corrected chi connectivity index (χ4v) is 5.43. The Morgan fingerprint density at radius 1 is 0.750 bits per heavy atom. The summed E-state index contributed by atoms with van der Waals surface area (Å²) in [6.07, 6.45) is 0. The van der Waals surface area contributed by atoms with E-state index in [0.717, 1.165) is 23.5 Å². The molecule has 0 bridgehead atoms. The number of carbonyl (C=O) groups excluding carboxylic acids is 2. The van der Waals surface area contributed by atoms with E-state index in [2.05, 4.69) is 0 Å². The van der Waals surface area contributed by atoms with Crippen molar-refractivity contribution in [3.63, 3.8) is 0 Å². The Hall–Kier alpha value is -3.86. The van der Waals surface area contributed by atoms with Crippen LogP contribution in [0.25, 0.3) is 0 Å². The Kier molecular flexibility index (Phi) is 8.36. The summed E-state index contributed by atoms with van der Waals surface area (Å²) in [7, 11) is 2.50. The number of methoxy groups -OCH3 is 2. The quantitative estimate of drug-likeness (QED) is 0.351. The molecule has 0 aliphatic heterocycles. The Morgan fingerprint density at radius 3 is 1.39 bits per heavy atom. The lowest BCUT2D eigenvalue weighted by Gasteiger charge is -2.16. The first-order valence-corrected chi connectivity index (χ1v) is 11.9. The van der Waals surface area contributed by atoms with E-state index in [-0.39, 0.29) is 9.79 Å². The molecule has 36 heavy (non-hydrogen) atoms. The lowest BCUT2D eigenvalue weighted by molar-refractivity contribution is 0.0591. The van der Waals surface area contributed by atoms with Crippen LogP contribution in [-0.2, 0) is 9.47 Å². The molecule has 0 saturated heterocycles. The summed E-state index contributed by atoms with van der Waals surface area (Å²) in [6.45, 7) is 3.39. The zero-order chi connectivity index (χ0) is 26.6. The second-order valence-corrected chi connectivity index (χ2v) is 9.51. The number of esters is 2. The fourth-order valence-electron chi connectivity index (χ4n) is 3.28. The molecule has 0 atom stereocenters. The van der Waals surface area contributed by atoms with Gasteiger partial charge in [-0.25, -0.2) is 18.4 Å². The smallest absolute Gasteiger partial charge is 0.337 e. The van der Waals surface area contributed by atoms with E-state index in [0.29, 0.717) is 32.0 Å². The van der Waals surface area contributed by atoms with Gasteiger partial charge in [-0.15, -0.1) is 0 Å². The van der Waals surface area contributed by atoms with Crippen molar-refractivity contribution in [3.8, 4) is 12.1 Å². The third-order valence-electron chi connectivity index (χ3n) is 5.13. The molecule has 0 aliphatic carbocycles. The van der Waals surface area contributed by atoms with Gasteiger partial charge in [0.25, 0.3) is 0 Å². The maximum absolute atomic E-state index is 15.5. The average molecular weight is 525 g/mol. The van der Waals surface area contributed by atoms with Crippen LogP contribution < -0.4 is 0 Å². The first-order valence-electron chi connectivity index (χ1n) is 10.3. The lowest BCUT2D eigenvalue weighted by atomic mass is 10.1. The molecule has 0 fully saturated rings. The van der Waals surface area contributed by atoms with Crippen molar-refractivity contribution in [2.45, 2.75) is 33.4 Å². The summed E-state index contributed by atoms with van der Waals surface area (Å²) in [5, 5.41) is 18.9. The highest BCUT2D eigenvalue weighted by Crippen LogP contribution is 2.45. The summed E-state index contributed by atoms with van der Waals surface area (Å²) in [4.78, 5) is 24.3. The normalized spacial score (nSPS) is 10.3. The number of halogens is 2. The molecule has 0 heterocycles. The highest BCUT2D eigenvalue weighted by molar-refractivity contribution is 8.02. The largest absolute Gasteiger partial charge is 0.465 e. The van der Waals surface area contributed by atoms with Crippen molar-refractivity contribution in [1.82, 2.24) is 0 Å². The number of hydrogen-bond donors (Lipinski definition) is 0. The molecule has 0 N–H and O–H groups in total. The van der Waals surface area contributed by atoms with E-state index in [9.17, 15) is 20.1 Å². The van der Waals surface area contributed by atoms with Gasteiger partial charge in [0.05, 0.1) is 35.1 Å². The first kappa shape index (κ1) is 26.7. The van der Waals surface area contributed by atoms with Gasteiger partial charge in [-0.3, -0.25) is 0 Å². The number of benzene rings is 3. The van der Waals surface area contributed by atoms with Crippen LogP contribution in [0.5, 0.6) is 0 Å². The zero-order valence-electron chi connectivity index (χ0n) is 19.6. The van der Waals surface area contributed by atoms with E-state index in [1.165, 1.54) is 26.4 Å². The Morgan fingerprint density at radius 2 is 1.11 bits per heavy atom. The molecule has 0 amide bonds. The summed E-state index contributed by atoms with van der Waals surface area (Å²) >= 11 is 1.75. The molecule has 0 unspecified atom stereocenters. The minimum absolute atomic E-state index is 0.182. The zero-order valence-corrected chi connectivity index (χ0v) is 21.2.